The van der Waals surface area contributed by atoms with Gasteiger partial charge in [-0.25, -0.2) is 4.99 Å². The number of para-hydroxylation sites is 4. The van der Waals surface area contributed by atoms with Crippen molar-refractivity contribution in [1.29, 1.82) is 0 Å². The molecular formula is C68H44N4O. The van der Waals surface area contributed by atoms with E-state index in [0.29, 0.717) is 0 Å². The summed E-state index contributed by atoms with van der Waals surface area (Å²) in [6.07, 6.45) is 2.23. The van der Waals surface area contributed by atoms with Crippen molar-refractivity contribution >= 4 is 87.9 Å². The van der Waals surface area contributed by atoms with Gasteiger partial charge in [0.05, 0.1) is 39.5 Å². The number of nitrogens with one attached hydrogen (secondary N) is 1. The van der Waals surface area contributed by atoms with Crippen molar-refractivity contribution in [3.8, 4) is 33.6 Å². The summed E-state index contributed by atoms with van der Waals surface area (Å²) in [6, 6.07) is 89.3. The van der Waals surface area contributed by atoms with Crippen LogP contribution >= 0.6 is 0 Å². The molecule has 5 nitrogen and oxygen atoms in total. The quantitative estimate of drug-likeness (QED) is 0.173. The van der Waals surface area contributed by atoms with Crippen molar-refractivity contribution in [3.63, 3.8) is 0 Å². The molecule has 4 heterocycles. The highest BCUT2D eigenvalue weighted by Crippen LogP contribution is 2.46. The molecule has 0 saturated carbocycles. The Bertz CT molecular complexity index is 4580. The number of fused-ring (bicyclic) bond motifs is 11. The van der Waals surface area contributed by atoms with Gasteiger partial charge in [0.2, 0.25) is 0 Å². The molecule has 0 amide bonds. The molecule has 342 valence electrons. The monoisotopic (exact) mass is 932 g/mol. The molecule has 1 N–H and O–H groups in total. The second-order valence-electron chi connectivity index (χ2n) is 19.1. The normalized spacial score (nSPS) is 13.9. The standard InChI is InChI=1S/C68H44N4O/c1-4-19-44(20-5-1)58-42-59(45-21-6-2-7-22-45)70-68(69-58)49-25-16-24-48(39-49)57-40-50(47-35-34-43-18-10-11-23-46(43)38-47)41-63-64(57)56-30-17-33-62(67(56)73-63)72-61-32-15-13-29-53(61)55-37-36-54-52-28-12-14-31-60(52)71(65(54)66(55)72)51-26-8-3-9-27-51/h1-42,58H,(H,69,70). The van der Waals surface area contributed by atoms with Gasteiger partial charge in [0.25, 0.3) is 0 Å². The number of rotatable bonds is 7. The third kappa shape index (κ3) is 6.59. The summed E-state index contributed by atoms with van der Waals surface area (Å²) < 4.78 is 12.3. The summed E-state index contributed by atoms with van der Waals surface area (Å²) in [5.74, 6) is 0.823. The number of benzene rings is 11. The first-order valence-corrected chi connectivity index (χ1v) is 25.0. The zero-order chi connectivity index (χ0) is 48.0. The van der Waals surface area contributed by atoms with Gasteiger partial charge in [-0.1, -0.05) is 194 Å². The third-order valence-electron chi connectivity index (χ3n) is 14.9. The number of hydrogen-bond donors (Lipinski definition) is 1. The molecule has 1 aliphatic rings. The fourth-order valence-corrected chi connectivity index (χ4v) is 11.6. The number of amidine groups is 1. The maximum absolute atomic E-state index is 7.40. The van der Waals surface area contributed by atoms with Crippen molar-refractivity contribution in [3.05, 3.63) is 271 Å². The van der Waals surface area contributed by atoms with E-state index in [1.54, 1.807) is 0 Å². The zero-order valence-electron chi connectivity index (χ0n) is 39.6. The fourth-order valence-electron chi connectivity index (χ4n) is 11.6. The van der Waals surface area contributed by atoms with E-state index in [-0.39, 0.29) is 6.04 Å². The molecule has 11 aromatic carbocycles. The van der Waals surface area contributed by atoms with Crippen molar-refractivity contribution in [1.82, 2.24) is 14.5 Å². The van der Waals surface area contributed by atoms with Gasteiger partial charge in [0.15, 0.2) is 5.58 Å². The highest BCUT2D eigenvalue weighted by Gasteiger charge is 2.26. The predicted molar refractivity (Wildman–Crippen MR) is 304 cm³/mol. The van der Waals surface area contributed by atoms with Crippen molar-refractivity contribution in [2.75, 3.05) is 0 Å². The molecular weight excluding hydrogens is 889 g/mol. The number of furan rings is 1. The van der Waals surface area contributed by atoms with E-state index in [2.05, 4.69) is 269 Å². The zero-order valence-corrected chi connectivity index (χ0v) is 39.6. The lowest BCUT2D eigenvalue weighted by Gasteiger charge is -2.24. The summed E-state index contributed by atoms with van der Waals surface area (Å²) in [7, 11) is 0. The van der Waals surface area contributed by atoms with Crippen molar-refractivity contribution in [2.45, 2.75) is 6.04 Å². The maximum atomic E-state index is 7.40. The lowest BCUT2D eigenvalue weighted by Crippen LogP contribution is -2.31. The average Bonchev–Trinajstić information content (AvgIpc) is 4.15. The van der Waals surface area contributed by atoms with E-state index in [4.69, 9.17) is 9.41 Å². The van der Waals surface area contributed by atoms with Crippen LogP contribution in [-0.4, -0.2) is 15.0 Å². The minimum absolute atomic E-state index is 0.0669. The molecule has 0 radical (unpaired) electrons. The van der Waals surface area contributed by atoms with E-state index >= 15 is 0 Å². The summed E-state index contributed by atoms with van der Waals surface area (Å²) in [4.78, 5) is 5.32. The Morgan fingerprint density at radius 3 is 1.81 bits per heavy atom. The molecule has 3 aromatic heterocycles. The molecule has 0 saturated heterocycles. The van der Waals surface area contributed by atoms with Crippen molar-refractivity contribution in [2.24, 2.45) is 4.99 Å². The first-order chi connectivity index (χ1) is 36.2. The van der Waals surface area contributed by atoms with Crippen LogP contribution in [-0.2, 0) is 0 Å². The van der Waals surface area contributed by atoms with Gasteiger partial charge in [0.1, 0.15) is 11.4 Å². The minimum atomic E-state index is -0.0669. The van der Waals surface area contributed by atoms with Crippen LogP contribution in [0.15, 0.2) is 264 Å². The molecule has 0 spiro atoms. The maximum Gasteiger partial charge on any atom is 0.159 e. The van der Waals surface area contributed by atoms with E-state index < -0.39 is 0 Å². The molecule has 0 aliphatic carbocycles. The molecule has 1 atom stereocenters. The summed E-state index contributed by atoms with van der Waals surface area (Å²) in [6.45, 7) is 0. The van der Waals surface area contributed by atoms with Crippen LogP contribution in [0.3, 0.4) is 0 Å². The Kier molecular flexibility index (Phi) is 9.26. The molecule has 14 aromatic rings. The predicted octanol–water partition coefficient (Wildman–Crippen LogP) is 17.4. The number of hydrogen-bond acceptors (Lipinski definition) is 3. The second kappa shape index (κ2) is 16.4. The molecule has 15 rings (SSSR count). The Balaban J connectivity index is 0.987. The topological polar surface area (TPSA) is 47.4 Å². The number of nitrogens with zero attached hydrogens (tertiary/aromatic N) is 3. The van der Waals surface area contributed by atoms with E-state index in [1.165, 1.54) is 43.4 Å². The van der Waals surface area contributed by atoms with Crippen LogP contribution in [0.1, 0.15) is 22.7 Å². The van der Waals surface area contributed by atoms with E-state index in [1.807, 2.05) is 0 Å². The van der Waals surface area contributed by atoms with Crippen LogP contribution in [0.4, 0.5) is 0 Å². The Labute approximate surface area is 420 Å². The third-order valence-corrected chi connectivity index (χ3v) is 14.9. The highest BCUT2D eigenvalue weighted by molar-refractivity contribution is 6.25. The lowest BCUT2D eigenvalue weighted by atomic mass is 9.92. The van der Waals surface area contributed by atoms with Crippen LogP contribution in [0.25, 0.3) is 116 Å². The number of aliphatic imine (C=N–C) groups is 1. The Hall–Kier alpha value is -9.71. The van der Waals surface area contributed by atoms with Crippen molar-refractivity contribution < 1.29 is 4.42 Å². The minimum Gasteiger partial charge on any atom is -0.454 e. The molecule has 1 aliphatic heterocycles. The largest absolute Gasteiger partial charge is 0.454 e. The SMILES string of the molecule is C1=C(c2ccccc2)N=C(c2cccc(-c3cc(-c4ccc5ccccc5c4)cc4oc5c(-n6c7ccccc7c7ccc8c9ccccc9n(-c9ccccc9)c8c76)cccc5c34)c2)NC1c1ccccc1. The van der Waals surface area contributed by atoms with Crippen LogP contribution in [0.5, 0.6) is 0 Å². The average molecular weight is 933 g/mol. The van der Waals surface area contributed by atoms with E-state index in [0.717, 1.165) is 94.8 Å². The smallest absolute Gasteiger partial charge is 0.159 e. The highest BCUT2D eigenvalue weighted by atomic mass is 16.3. The van der Waals surface area contributed by atoms with Gasteiger partial charge in [-0.3, -0.25) is 0 Å². The van der Waals surface area contributed by atoms with Crippen LogP contribution in [0.2, 0.25) is 0 Å². The van der Waals surface area contributed by atoms with Gasteiger partial charge < -0.3 is 18.9 Å². The molecule has 0 bridgehead atoms. The van der Waals surface area contributed by atoms with Gasteiger partial charge in [-0.05, 0) is 105 Å². The summed E-state index contributed by atoms with van der Waals surface area (Å²) in [5.41, 5.74) is 16.9. The number of aromatic nitrogens is 2. The first kappa shape index (κ1) is 41.1. The lowest BCUT2D eigenvalue weighted by molar-refractivity contribution is 0.666. The van der Waals surface area contributed by atoms with Gasteiger partial charge in [-0.15, -0.1) is 0 Å². The van der Waals surface area contributed by atoms with Gasteiger partial charge in [0, 0.05) is 43.6 Å². The van der Waals surface area contributed by atoms with Crippen LogP contribution in [0, 0.1) is 0 Å². The summed E-state index contributed by atoms with van der Waals surface area (Å²) in [5, 5.41) is 13.1. The molecule has 5 heteroatoms. The van der Waals surface area contributed by atoms with Gasteiger partial charge in [-0.2, -0.15) is 0 Å². The van der Waals surface area contributed by atoms with Gasteiger partial charge >= 0.3 is 0 Å². The molecule has 0 fully saturated rings. The molecule has 73 heavy (non-hydrogen) atoms. The first-order valence-electron chi connectivity index (χ1n) is 25.0. The summed E-state index contributed by atoms with van der Waals surface area (Å²) >= 11 is 0. The van der Waals surface area contributed by atoms with Crippen LogP contribution < -0.4 is 5.32 Å². The Morgan fingerprint density at radius 2 is 1.03 bits per heavy atom. The Morgan fingerprint density at radius 1 is 0.411 bits per heavy atom. The fraction of sp³-hybridized carbons (Fsp3) is 0.0147. The second-order valence-corrected chi connectivity index (χ2v) is 19.1. The molecule has 1 unspecified atom stereocenters. The van der Waals surface area contributed by atoms with E-state index in [9.17, 15) is 0 Å².